The lowest BCUT2D eigenvalue weighted by Gasteiger charge is -2.25. The van der Waals surface area contributed by atoms with Crippen molar-refractivity contribution in [2.24, 2.45) is 5.41 Å². The fraction of sp³-hybridized carbons (Fsp3) is 0.900. The molecule has 0 aliphatic rings. The van der Waals surface area contributed by atoms with Gasteiger partial charge in [0.2, 0.25) is 5.91 Å². The van der Waals surface area contributed by atoms with E-state index in [2.05, 4.69) is 10.2 Å². The molecule has 0 unspecified atom stereocenters. The zero-order chi connectivity index (χ0) is 11.2. The average molecular weight is 202 g/mol. The van der Waals surface area contributed by atoms with Gasteiger partial charge in [-0.05, 0) is 27.1 Å². The second-order valence-corrected chi connectivity index (χ2v) is 4.42. The maximum atomic E-state index is 11.6. The van der Waals surface area contributed by atoms with E-state index in [9.17, 15) is 4.79 Å². The molecule has 1 amide bonds. The van der Waals surface area contributed by atoms with Crippen LogP contribution >= 0.6 is 0 Å². The molecule has 0 bridgehead atoms. The lowest BCUT2D eigenvalue weighted by molar-refractivity contribution is -0.129. The number of carbonyl (C=O) groups excluding carboxylic acids is 1. The van der Waals surface area contributed by atoms with Crippen molar-refractivity contribution in [1.82, 2.24) is 10.2 Å². The number of rotatable bonds is 6. The highest BCUT2D eigenvalue weighted by atomic mass is 16.3. The number of hydrogen-bond acceptors (Lipinski definition) is 3. The molecule has 0 radical (unpaired) electrons. The molecule has 0 saturated heterocycles. The maximum absolute atomic E-state index is 11.6. The molecule has 0 aromatic rings. The molecular formula is C10H22N2O2. The van der Waals surface area contributed by atoms with Crippen LogP contribution in [0.25, 0.3) is 0 Å². The molecule has 14 heavy (non-hydrogen) atoms. The van der Waals surface area contributed by atoms with Crippen LogP contribution < -0.4 is 5.32 Å². The summed E-state index contributed by atoms with van der Waals surface area (Å²) >= 11 is 0. The van der Waals surface area contributed by atoms with Crippen LogP contribution in [0.15, 0.2) is 0 Å². The van der Waals surface area contributed by atoms with E-state index in [1.54, 1.807) is 0 Å². The molecule has 0 saturated carbocycles. The average Bonchev–Trinajstić information content (AvgIpc) is 2.11. The molecular weight excluding hydrogens is 180 g/mol. The Morgan fingerprint density at radius 1 is 1.43 bits per heavy atom. The minimum atomic E-state index is -0.362. The van der Waals surface area contributed by atoms with E-state index in [1.807, 2.05) is 27.9 Å². The topological polar surface area (TPSA) is 52.6 Å². The van der Waals surface area contributed by atoms with Gasteiger partial charge in [0.25, 0.3) is 0 Å². The first-order valence-corrected chi connectivity index (χ1v) is 4.94. The van der Waals surface area contributed by atoms with Crippen LogP contribution in [0.5, 0.6) is 0 Å². The van der Waals surface area contributed by atoms with E-state index in [4.69, 9.17) is 5.11 Å². The molecule has 2 N–H and O–H groups in total. The molecule has 0 aliphatic heterocycles. The summed E-state index contributed by atoms with van der Waals surface area (Å²) in [5.41, 5.74) is -0.362. The highest BCUT2D eigenvalue weighted by Gasteiger charge is 2.26. The van der Waals surface area contributed by atoms with Crippen LogP contribution in [0.2, 0.25) is 0 Å². The van der Waals surface area contributed by atoms with Crippen LogP contribution in [0.3, 0.4) is 0 Å². The minimum absolute atomic E-state index is 0.00446. The number of nitrogens with zero attached hydrogens (tertiary/aromatic N) is 1. The van der Waals surface area contributed by atoms with Crippen molar-refractivity contribution in [1.29, 1.82) is 0 Å². The smallest absolute Gasteiger partial charge is 0.225 e. The molecule has 0 aromatic carbocycles. The van der Waals surface area contributed by atoms with Gasteiger partial charge < -0.3 is 15.3 Å². The normalized spacial score (nSPS) is 11.9. The molecule has 0 heterocycles. The van der Waals surface area contributed by atoms with Crippen LogP contribution in [0.1, 0.15) is 20.3 Å². The quantitative estimate of drug-likeness (QED) is 0.641. The second-order valence-electron chi connectivity index (χ2n) is 4.42. The van der Waals surface area contributed by atoms with E-state index in [1.165, 1.54) is 0 Å². The molecule has 0 aliphatic carbocycles. The van der Waals surface area contributed by atoms with Gasteiger partial charge in [-0.15, -0.1) is 0 Å². The molecule has 0 rings (SSSR count). The third-order valence-corrected chi connectivity index (χ3v) is 2.20. The zero-order valence-electron chi connectivity index (χ0n) is 9.63. The standard InChI is InChI=1S/C10H22N2O2/c1-10(2,5-7-12(3)4)9(14)11-6-8-13/h13H,5-8H2,1-4H3,(H,11,14). The summed E-state index contributed by atoms with van der Waals surface area (Å²) in [6.45, 7) is 5.06. The highest BCUT2D eigenvalue weighted by Crippen LogP contribution is 2.20. The summed E-state index contributed by atoms with van der Waals surface area (Å²) in [5, 5.41) is 11.3. The predicted octanol–water partition coefficient (Wildman–Crippen LogP) is 0.0728. The summed E-state index contributed by atoms with van der Waals surface area (Å²) in [6, 6.07) is 0. The van der Waals surface area contributed by atoms with E-state index in [0.29, 0.717) is 6.54 Å². The van der Waals surface area contributed by atoms with Gasteiger partial charge in [0.05, 0.1) is 6.61 Å². The molecule has 4 heteroatoms. The van der Waals surface area contributed by atoms with Gasteiger partial charge in [-0.2, -0.15) is 0 Å². The van der Waals surface area contributed by atoms with Gasteiger partial charge in [-0.3, -0.25) is 4.79 Å². The van der Waals surface area contributed by atoms with Crippen molar-refractivity contribution in [2.45, 2.75) is 20.3 Å². The SMILES string of the molecule is CN(C)CCC(C)(C)C(=O)NCCO. The van der Waals surface area contributed by atoms with Crippen LogP contribution in [0.4, 0.5) is 0 Å². The predicted molar refractivity (Wildman–Crippen MR) is 57.0 cm³/mol. The van der Waals surface area contributed by atoms with Crippen molar-refractivity contribution in [3.05, 3.63) is 0 Å². The van der Waals surface area contributed by atoms with Gasteiger partial charge in [0.15, 0.2) is 0 Å². The van der Waals surface area contributed by atoms with Crippen LogP contribution in [-0.4, -0.2) is 49.7 Å². The lowest BCUT2D eigenvalue weighted by atomic mass is 9.88. The Labute approximate surface area is 86.3 Å². The fourth-order valence-electron chi connectivity index (χ4n) is 1.03. The third-order valence-electron chi connectivity index (χ3n) is 2.20. The minimum Gasteiger partial charge on any atom is -0.395 e. The zero-order valence-corrected chi connectivity index (χ0v) is 9.63. The molecule has 0 aromatic heterocycles. The summed E-state index contributed by atoms with van der Waals surface area (Å²) in [6.07, 6.45) is 0.817. The third kappa shape index (κ3) is 5.19. The van der Waals surface area contributed by atoms with E-state index < -0.39 is 0 Å². The Morgan fingerprint density at radius 2 is 2.00 bits per heavy atom. The van der Waals surface area contributed by atoms with E-state index in [-0.39, 0.29) is 17.9 Å². The van der Waals surface area contributed by atoms with Gasteiger partial charge in [0, 0.05) is 12.0 Å². The van der Waals surface area contributed by atoms with Gasteiger partial charge in [-0.25, -0.2) is 0 Å². The van der Waals surface area contributed by atoms with E-state index >= 15 is 0 Å². The Balaban J connectivity index is 3.96. The summed E-state index contributed by atoms with van der Waals surface area (Å²) in [7, 11) is 3.98. The molecule has 0 spiro atoms. The Morgan fingerprint density at radius 3 is 2.43 bits per heavy atom. The summed E-state index contributed by atoms with van der Waals surface area (Å²) in [5.74, 6) is 0.00778. The number of hydrogen-bond donors (Lipinski definition) is 2. The maximum Gasteiger partial charge on any atom is 0.225 e. The lowest BCUT2D eigenvalue weighted by Crippen LogP contribution is -2.39. The Bertz CT molecular complexity index is 179. The Kier molecular flexibility index (Phi) is 5.72. The molecule has 84 valence electrons. The van der Waals surface area contributed by atoms with Crippen molar-refractivity contribution in [3.8, 4) is 0 Å². The van der Waals surface area contributed by atoms with Crippen LogP contribution in [0, 0.1) is 5.41 Å². The van der Waals surface area contributed by atoms with Crippen molar-refractivity contribution in [3.63, 3.8) is 0 Å². The molecule has 0 atom stereocenters. The number of amides is 1. The van der Waals surface area contributed by atoms with Gasteiger partial charge in [-0.1, -0.05) is 13.8 Å². The van der Waals surface area contributed by atoms with Gasteiger partial charge in [0.1, 0.15) is 0 Å². The summed E-state index contributed by atoms with van der Waals surface area (Å²) < 4.78 is 0. The summed E-state index contributed by atoms with van der Waals surface area (Å²) in [4.78, 5) is 13.7. The molecule has 0 fully saturated rings. The van der Waals surface area contributed by atoms with Crippen molar-refractivity contribution in [2.75, 3.05) is 33.8 Å². The van der Waals surface area contributed by atoms with Crippen molar-refractivity contribution < 1.29 is 9.90 Å². The number of carbonyl (C=O) groups is 1. The first kappa shape index (κ1) is 13.4. The number of aliphatic hydroxyl groups is 1. The van der Waals surface area contributed by atoms with Crippen molar-refractivity contribution >= 4 is 5.91 Å². The largest absolute Gasteiger partial charge is 0.395 e. The van der Waals surface area contributed by atoms with Gasteiger partial charge >= 0.3 is 0 Å². The van der Waals surface area contributed by atoms with Crippen LogP contribution in [-0.2, 0) is 4.79 Å². The molecule has 4 nitrogen and oxygen atoms in total. The monoisotopic (exact) mass is 202 g/mol. The first-order valence-electron chi connectivity index (χ1n) is 4.94. The number of aliphatic hydroxyl groups excluding tert-OH is 1. The first-order chi connectivity index (χ1) is 6.40. The van der Waals surface area contributed by atoms with E-state index in [0.717, 1.165) is 13.0 Å². The fourth-order valence-corrected chi connectivity index (χ4v) is 1.03. The highest BCUT2D eigenvalue weighted by molar-refractivity contribution is 5.81. The Hall–Kier alpha value is -0.610. The second kappa shape index (κ2) is 5.98. The number of nitrogens with one attached hydrogen (secondary N) is 1.